The summed E-state index contributed by atoms with van der Waals surface area (Å²) in [6.07, 6.45) is 6.63. The van der Waals surface area contributed by atoms with E-state index in [-0.39, 0.29) is 0 Å². The van der Waals surface area contributed by atoms with Gasteiger partial charge in [-0.25, -0.2) is 0 Å². The van der Waals surface area contributed by atoms with Crippen LogP contribution in [0.25, 0.3) is 0 Å². The molecule has 2 saturated carbocycles. The number of thioether (sulfide) groups is 1. The number of anilines is 1. The van der Waals surface area contributed by atoms with Crippen LogP contribution in [-0.2, 0) is 0 Å². The highest BCUT2D eigenvalue weighted by Gasteiger charge is 2.32. The van der Waals surface area contributed by atoms with E-state index in [1.54, 1.807) is 23.1 Å². The van der Waals surface area contributed by atoms with E-state index in [4.69, 9.17) is 0 Å². The molecule has 0 aromatic carbocycles. The van der Waals surface area contributed by atoms with Crippen LogP contribution in [0.15, 0.2) is 4.34 Å². The molecule has 0 aliphatic heterocycles. The molecule has 1 heterocycles. The van der Waals surface area contributed by atoms with E-state index in [1.807, 2.05) is 0 Å². The molecule has 0 unspecified atom stereocenters. The van der Waals surface area contributed by atoms with Crippen molar-refractivity contribution in [3.63, 3.8) is 0 Å². The number of aliphatic hydroxyl groups is 1. The molecule has 19 heavy (non-hydrogen) atoms. The molecule has 0 spiro atoms. The van der Waals surface area contributed by atoms with E-state index < -0.39 is 5.60 Å². The summed E-state index contributed by atoms with van der Waals surface area (Å²) in [5.41, 5.74) is -0.493. The summed E-state index contributed by atoms with van der Waals surface area (Å²) < 4.78 is 0.968. The topological polar surface area (TPSA) is 58.0 Å². The van der Waals surface area contributed by atoms with Gasteiger partial charge < -0.3 is 10.4 Å². The number of aromatic nitrogens is 2. The summed E-state index contributed by atoms with van der Waals surface area (Å²) >= 11 is 3.26. The largest absolute Gasteiger partial charge is 0.389 e. The Balaban J connectivity index is 1.49. The number of rotatable bonds is 5. The minimum Gasteiger partial charge on any atom is -0.389 e. The standard InChI is InChI=1S/C13H21N3OS2/c1-9-4-6-13(17,7-5-9)8-18-12-16-15-11(19-12)14-10-2-3-10/h9-10,17H,2-8H2,1H3,(H,14,15). The lowest BCUT2D eigenvalue weighted by Crippen LogP contribution is -2.36. The maximum Gasteiger partial charge on any atom is 0.206 e. The third kappa shape index (κ3) is 3.83. The first-order chi connectivity index (χ1) is 9.13. The third-order valence-electron chi connectivity index (χ3n) is 3.98. The SMILES string of the molecule is CC1CCC(O)(CSc2nnc(NC3CC3)s2)CC1. The van der Waals surface area contributed by atoms with Gasteiger partial charge in [0.1, 0.15) is 0 Å². The van der Waals surface area contributed by atoms with Crippen LogP contribution in [0.4, 0.5) is 5.13 Å². The van der Waals surface area contributed by atoms with Crippen molar-refractivity contribution in [1.29, 1.82) is 0 Å². The fourth-order valence-electron chi connectivity index (χ4n) is 2.37. The van der Waals surface area contributed by atoms with Gasteiger partial charge in [-0.3, -0.25) is 0 Å². The van der Waals surface area contributed by atoms with Gasteiger partial charge in [0.2, 0.25) is 5.13 Å². The smallest absolute Gasteiger partial charge is 0.206 e. The summed E-state index contributed by atoms with van der Waals surface area (Å²) in [7, 11) is 0. The molecule has 2 aliphatic carbocycles. The van der Waals surface area contributed by atoms with Gasteiger partial charge in [-0.15, -0.1) is 10.2 Å². The molecule has 6 heteroatoms. The molecular weight excluding hydrogens is 278 g/mol. The Hall–Kier alpha value is -0.330. The lowest BCUT2D eigenvalue weighted by atomic mass is 9.81. The average Bonchev–Trinajstić information content (AvgIpc) is 3.09. The van der Waals surface area contributed by atoms with E-state index in [0.717, 1.165) is 46.8 Å². The zero-order chi connectivity index (χ0) is 13.3. The number of nitrogens with zero attached hydrogens (tertiary/aromatic N) is 2. The molecule has 4 nitrogen and oxygen atoms in total. The maximum atomic E-state index is 10.5. The molecule has 0 atom stereocenters. The fourth-order valence-corrected chi connectivity index (χ4v) is 4.35. The van der Waals surface area contributed by atoms with Gasteiger partial charge in [0, 0.05) is 11.8 Å². The van der Waals surface area contributed by atoms with Gasteiger partial charge >= 0.3 is 0 Å². The first-order valence-electron chi connectivity index (χ1n) is 7.08. The molecule has 0 amide bonds. The first kappa shape index (κ1) is 13.6. The molecule has 3 rings (SSSR count). The molecule has 2 aliphatic rings. The summed E-state index contributed by atoms with van der Waals surface area (Å²) in [5.74, 6) is 1.51. The quantitative estimate of drug-likeness (QED) is 0.818. The second-order valence-corrected chi connectivity index (χ2v) is 8.19. The lowest BCUT2D eigenvalue weighted by molar-refractivity contribution is 0.0150. The molecule has 2 fully saturated rings. The van der Waals surface area contributed by atoms with Gasteiger partial charge in [-0.05, 0) is 44.4 Å². The Labute approximate surface area is 122 Å². The van der Waals surface area contributed by atoms with Crippen molar-refractivity contribution in [2.45, 2.75) is 61.4 Å². The molecule has 0 bridgehead atoms. The van der Waals surface area contributed by atoms with Crippen LogP contribution < -0.4 is 5.32 Å². The monoisotopic (exact) mass is 299 g/mol. The molecule has 1 aromatic heterocycles. The number of nitrogens with one attached hydrogen (secondary N) is 1. The first-order valence-corrected chi connectivity index (χ1v) is 8.88. The average molecular weight is 299 g/mol. The van der Waals surface area contributed by atoms with Crippen molar-refractivity contribution in [3.8, 4) is 0 Å². The second kappa shape index (κ2) is 5.58. The summed E-state index contributed by atoms with van der Waals surface area (Å²) in [6, 6.07) is 0.620. The molecule has 106 valence electrons. The van der Waals surface area contributed by atoms with Gasteiger partial charge in [0.15, 0.2) is 4.34 Å². The molecule has 0 saturated heterocycles. The van der Waals surface area contributed by atoms with E-state index >= 15 is 0 Å². The van der Waals surface area contributed by atoms with E-state index in [1.165, 1.54) is 12.8 Å². The van der Waals surface area contributed by atoms with Crippen molar-refractivity contribution in [2.75, 3.05) is 11.1 Å². The van der Waals surface area contributed by atoms with Crippen LogP contribution in [0.3, 0.4) is 0 Å². The van der Waals surface area contributed by atoms with Crippen molar-refractivity contribution in [3.05, 3.63) is 0 Å². The van der Waals surface area contributed by atoms with Gasteiger partial charge in [-0.2, -0.15) is 0 Å². The Morgan fingerprint density at radius 2 is 2.05 bits per heavy atom. The minimum atomic E-state index is -0.493. The van der Waals surface area contributed by atoms with Gasteiger partial charge in [0.05, 0.1) is 5.60 Å². The van der Waals surface area contributed by atoms with E-state index in [0.29, 0.717) is 6.04 Å². The van der Waals surface area contributed by atoms with Gasteiger partial charge in [-0.1, -0.05) is 30.0 Å². The fraction of sp³-hybridized carbons (Fsp3) is 0.846. The summed E-state index contributed by atoms with van der Waals surface area (Å²) in [4.78, 5) is 0. The van der Waals surface area contributed by atoms with Crippen LogP contribution in [-0.4, -0.2) is 32.7 Å². The minimum absolute atomic E-state index is 0.493. The van der Waals surface area contributed by atoms with Crippen LogP contribution in [0.1, 0.15) is 45.4 Å². The maximum absolute atomic E-state index is 10.5. The molecule has 0 radical (unpaired) electrons. The normalized spacial score (nSPS) is 31.4. The molecule has 1 aromatic rings. The lowest BCUT2D eigenvalue weighted by Gasteiger charge is -2.34. The zero-order valence-corrected chi connectivity index (χ0v) is 12.9. The van der Waals surface area contributed by atoms with Crippen LogP contribution in [0.2, 0.25) is 0 Å². The Morgan fingerprint density at radius 1 is 1.32 bits per heavy atom. The summed E-state index contributed by atoms with van der Waals surface area (Å²) in [5, 5.41) is 23.2. The highest BCUT2D eigenvalue weighted by atomic mass is 32.2. The van der Waals surface area contributed by atoms with E-state index in [2.05, 4.69) is 22.4 Å². The van der Waals surface area contributed by atoms with Crippen LogP contribution >= 0.6 is 23.1 Å². The Morgan fingerprint density at radius 3 is 2.74 bits per heavy atom. The second-order valence-electron chi connectivity index (χ2n) is 5.99. The molecular formula is C13H21N3OS2. The summed E-state index contributed by atoms with van der Waals surface area (Å²) in [6.45, 7) is 2.27. The van der Waals surface area contributed by atoms with Crippen LogP contribution in [0.5, 0.6) is 0 Å². The zero-order valence-electron chi connectivity index (χ0n) is 11.3. The van der Waals surface area contributed by atoms with Gasteiger partial charge in [0.25, 0.3) is 0 Å². The predicted molar refractivity (Wildman–Crippen MR) is 79.9 cm³/mol. The van der Waals surface area contributed by atoms with E-state index in [9.17, 15) is 5.11 Å². The van der Waals surface area contributed by atoms with Crippen molar-refractivity contribution >= 4 is 28.2 Å². The highest BCUT2D eigenvalue weighted by molar-refractivity contribution is 8.01. The third-order valence-corrected chi connectivity index (χ3v) is 6.24. The number of hydrogen-bond donors (Lipinski definition) is 2. The predicted octanol–water partition coefficient (Wildman–Crippen LogP) is 3.15. The highest BCUT2D eigenvalue weighted by Crippen LogP contribution is 2.37. The Bertz CT molecular complexity index is 425. The van der Waals surface area contributed by atoms with Crippen molar-refractivity contribution in [2.24, 2.45) is 5.92 Å². The van der Waals surface area contributed by atoms with Crippen molar-refractivity contribution < 1.29 is 5.11 Å². The Kier molecular flexibility index (Phi) is 4.01. The number of hydrogen-bond acceptors (Lipinski definition) is 6. The van der Waals surface area contributed by atoms with Crippen LogP contribution in [0, 0.1) is 5.92 Å². The van der Waals surface area contributed by atoms with Crippen molar-refractivity contribution in [1.82, 2.24) is 10.2 Å². The molecule has 2 N–H and O–H groups in total.